The van der Waals surface area contributed by atoms with Crippen molar-refractivity contribution in [1.29, 1.82) is 0 Å². The summed E-state index contributed by atoms with van der Waals surface area (Å²) in [5.41, 5.74) is 10.4. The highest BCUT2D eigenvalue weighted by Crippen LogP contribution is 2.29. The van der Waals surface area contributed by atoms with Gasteiger partial charge in [-0.2, -0.15) is 0 Å². The van der Waals surface area contributed by atoms with Crippen molar-refractivity contribution in [2.24, 2.45) is 5.73 Å². The van der Waals surface area contributed by atoms with E-state index < -0.39 is 0 Å². The predicted molar refractivity (Wildman–Crippen MR) is 76.9 cm³/mol. The standard InChI is InChI=1S/C14H23N3O3/c1-18-11-3-4-14(19-2)12(9-11)13(10-15)16-17-5-7-20-8-6-17/h3-4,9,13,16H,5-8,10,15H2,1-2H3. The number of morpholine rings is 1. The lowest BCUT2D eigenvalue weighted by Crippen LogP contribution is -2.48. The van der Waals surface area contributed by atoms with Gasteiger partial charge < -0.3 is 19.9 Å². The molecule has 112 valence electrons. The predicted octanol–water partition coefficient (Wildman–Crippen LogP) is 0.540. The van der Waals surface area contributed by atoms with Crippen molar-refractivity contribution in [1.82, 2.24) is 10.4 Å². The molecule has 0 spiro atoms. The molecular weight excluding hydrogens is 258 g/mol. The molecule has 3 N–H and O–H groups in total. The first kappa shape index (κ1) is 15.1. The van der Waals surface area contributed by atoms with Crippen LogP contribution in [0.2, 0.25) is 0 Å². The Morgan fingerprint density at radius 3 is 2.65 bits per heavy atom. The van der Waals surface area contributed by atoms with Crippen LogP contribution in [0.3, 0.4) is 0 Å². The molecule has 1 aromatic rings. The number of nitrogens with zero attached hydrogens (tertiary/aromatic N) is 1. The summed E-state index contributed by atoms with van der Waals surface area (Å²) in [6, 6.07) is 5.73. The van der Waals surface area contributed by atoms with Gasteiger partial charge in [0.2, 0.25) is 0 Å². The average Bonchev–Trinajstić information content (AvgIpc) is 2.53. The molecule has 1 aromatic carbocycles. The highest BCUT2D eigenvalue weighted by atomic mass is 16.5. The number of benzene rings is 1. The molecule has 1 saturated heterocycles. The third kappa shape index (κ3) is 3.61. The first-order valence-electron chi connectivity index (χ1n) is 6.79. The maximum Gasteiger partial charge on any atom is 0.124 e. The number of rotatable bonds is 6. The minimum Gasteiger partial charge on any atom is -0.497 e. The van der Waals surface area contributed by atoms with Crippen molar-refractivity contribution in [2.75, 3.05) is 47.1 Å². The monoisotopic (exact) mass is 281 g/mol. The van der Waals surface area contributed by atoms with Crippen LogP contribution in [0.25, 0.3) is 0 Å². The van der Waals surface area contributed by atoms with E-state index in [-0.39, 0.29) is 6.04 Å². The van der Waals surface area contributed by atoms with Crippen LogP contribution in [-0.4, -0.2) is 52.1 Å². The fourth-order valence-electron chi connectivity index (χ4n) is 2.27. The van der Waals surface area contributed by atoms with Crippen molar-refractivity contribution in [3.8, 4) is 11.5 Å². The second kappa shape index (κ2) is 7.44. The molecule has 2 rings (SSSR count). The zero-order valence-corrected chi connectivity index (χ0v) is 12.1. The molecule has 0 aromatic heterocycles. The molecule has 6 nitrogen and oxygen atoms in total. The third-order valence-corrected chi connectivity index (χ3v) is 3.40. The number of ether oxygens (including phenoxy) is 3. The zero-order valence-electron chi connectivity index (χ0n) is 12.1. The Morgan fingerprint density at radius 2 is 2.05 bits per heavy atom. The van der Waals surface area contributed by atoms with E-state index in [4.69, 9.17) is 19.9 Å². The van der Waals surface area contributed by atoms with Crippen LogP contribution in [-0.2, 0) is 4.74 Å². The smallest absolute Gasteiger partial charge is 0.124 e. The molecule has 0 saturated carbocycles. The Morgan fingerprint density at radius 1 is 1.30 bits per heavy atom. The number of hydrazine groups is 1. The SMILES string of the molecule is COc1ccc(OC)c(C(CN)NN2CCOCC2)c1. The van der Waals surface area contributed by atoms with E-state index in [0.717, 1.165) is 43.4 Å². The summed E-state index contributed by atoms with van der Waals surface area (Å²) in [5, 5.41) is 2.14. The van der Waals surface area contributed by atoms with Crippen molar-refractivity contribution in [2.45, 2.75) is 6.04 Å². The second-order valence-corrected chi connectivity index (χ2v) is 4.62. The molecule has 0 bridgehead atoms. The van der Waals surface area contributed by atoms with E-state index in [1.165, 1.54) is 0 Å². The van der Waals surface area contributed by atoms with Gasteiger partial charge in [-0.1, -0.05) is 0 Å². The number of hydrogen-bond donors (Lipinski definition) is 2. The first-order valence-corrected chi connectivity index (χ1v) is 6.79. The van der Waals surface area contributed by atoms with Crippen LogP contribution in [0.4, 0.5) is 0 Å². The summed E-state index contributed by atoms with van der Waals surface area (Å²) in [5.74, 6) is 1.60. The fraction of sp³-hybridized carbons (Fsp3) is 0.571. The van der Waals surface area contributed by atoms with Gasteiger partial charge in [-0.25, -0.2) is 10.4 Å². The van der Waals surface area contributed by atoms with Crippen LogP contribution in [0, 0.1) is 0 Å². The summed E-state index contributed by atoms with van der Waals surface area (Å²) in [6.07, 6.45) is 0. The van der Waals surface area contributed by atoms with Crippen LogP contribution >= 0.6 is 0 Å². The summed E-state index contributed by atoms with van der Waals surface area (Å²) in [4.78, 5) is 0. The quantitative estimate of drug-likeness (QED) is 0.793. The number of nitrogens with one attached hydrogen (secondary N) is 1. The highest BCUT2D eigenvalue weighted by Gasteiger charge is 2.20. The van der Waals surface area contributed by atoms with E-state index >= 15 is 0 Å². The Hall–Kier alpha value is -1.34. The van der Waals surface area contributed by atoms with Gasteiger partial charge in [-0.15, -0.1) is 0 Å². The maximum absolute atomic E-state index is 5.92. The van der Waals surface area contributed by atoms with Crippen molar-refractivity contribution in [3.05, 3.63) is 23.8 Å². The second-order valence-electron chi connectivity index (χ2n) is 4.62. The molecule has 0 amide bonds. The normalized spacial score (nSPS) is 17.8. The highest BCUT2D eigenvalue weighted by molar-refractivity contribution is 5.42. The molecule has 1 atom stereocenters. The molecule has 1 unspecified atom stereocenters. The summed E-state index contributed by atoms with van der Waals surface area (Å²) in [7, 11) is 3.31. The fourth-order valence-corrected chi connectivity index (χ4v) is 2.27. The lowest BCUT2D eigenvalue weighted by atomic mass is 10.1. The van der Waals surface area contributed by atoms with Gasteiger partial charge >= 0.3 is 0 Å². The molecule has 6 heteroatoms. The third-order valence-electron chi connectivity index (χ3n) is 3.40. The van der Waals surface area contributed by atoms with E-state index in [1.807, 2.05) is 18.2 Å². The van der Waals surface area contributed by atoms with E-state index in [1.54, 1.807) is 14.2 Å². The molecule has 0 aliphatic carbocycles. The van der Waals surface area contributed by atoms with Crippen molar-refractivity contribution < 1.29 is 14.2 Å². The molecule has 20 heavy (non-hydrogen) atoms. The molecule has 1 heterocycles. The van der Waals surface area contributed by atoms with Crippen LogP contribution in [0.1, 0.15) is 11.6 Å². The summed E-state index contributed by atoms with van der Waals surface area (Å²) in [6.45, 7) is 3.64. The van der Waals surface area contributed by atoms with Gasteiger partial charge in [-0.05, 0) is 18.2 Å². The van der Waals surface area contributed by atoms with E-state index in [9.17, 15) is 0 Å². The number of hydrogen-bond acceptors (Lipinski definition) is 6. The molecule has 0 radical (unpaired) electrons. The van der Waals surface area contributed by atoms with E-state index in [0.29, 0.717) is 6.54 Å². The number of methoxy groups -OCH3 is 2. The zero-order chi connectivity index (χ0) is 14.4. The van der Waals surface area contributed by atoms with Gasteiger partial charge in [0.25, 0.3) is 0 Å². The van der Waals surface area contributed by atoms with Gasteiger partial charge in [0.15, 0.2) is 0 Å². The Bertz CT molecular complexity index is 422. The van der Waals surface area contributed by atoms with E-state index in [2.05, 4.69) is 10.4 Å². The molecule has 1 aliphatic heterocycles. The van der Waals surface area contributed by atoms with Crippen LogP contribution in [0.5, 0.6) is 11.5 Å². The molecule has 1 aliphatic rings. The Balaban J connectivity index is 2.16. The van der Waals surface area contributed by atoms with Gasteiger partial charge in [0.05, 0.1) is 33.5 Å². The summed E-state index contributed by atoms with van der Waals surface area (Å²) < 4.78 is 16.0. The average molecular weight is 281 g/mol. The van der Waals surface area contributed by atoms with Gasteiger partial charge in [0.1, 0.15) is 11.5 Å². The molecule has 1 fully saturated rings. The minimum absolute atomic E-state index is 0.0156. The van der Waals surface area contributed by atoms with Crippen LogP contribution < -0.4 is 20.6 Å². The topological polar surface area (TPSA) is 69.0 Å². The lowest BCUT2D eigenvalue weighted by molar-refractivity contribution is 0.00387. The lowest BCUT2D eigenvalue weighted by Gasteiger charge is -2.32. The summed E-state index contributed by atoms with van der Waals surface area (Å²) >= 11 is 0. The maximum atomic E-state index is 5.92. The largest absolute Gasteiger partial charge is 0.497 e. The first-order chi connectivity index (χ1) is 9.78. The minimum atomic E-state index is -0.0156. The van der Waals surface area contributed by atoms with Crippen molar-refractivity contribution in [3.63, 3.8) is 0 Å². The van der Waals surface area contributed by atoms with Gasteiger partial charge in [-0.3, -0.25) is 0 Å². The molecular formula is C14H23N3O3. The Kier molecular flexibility index (Phi) is 5.60. The van der Waals surface area contributed by atoms with Crippen LogP contribution in [0.15, 0.2) is 18.2 Å². The van der Waals surface area contributed by atoms with Gasteiger partial charge in [0, 0.05) is 25.2 Å². The Labute approximate surface area is 119 Å². The number of nitrogens with two attached hydrogens (primary N) is 1. The van der Waals surface area contributed by atoms with Crippen molar-refractivity contribution >= 4 is 0 Å².